The molecule has 6 nitrogen and oxygen atoms in total. The van der Waals surface area contributed by atoms with Gasteiger partial charge in [-0.25, -0.2) is 14.4 Å². The number of hydrogen-bond acceptors (Lipinski definition) is 6. The zero-order valence-electron chi connectivity index (χ0n) is 15.0. The number of aliphatic imine (C=N–C) groups is 2. The van der Waals surface area contributed by atoms with Crippen LogP contribution in [0.3, 0.4) is 0 Å². The van der Waals surface area contributed by atoms with Gasteiger partial charge in [0.25, 0.3) is 0 Å². The van der Waals surface area contributed by atoms with Gasteiger partial charge in [0, 0.05) is 5.56 Å². The summed E-state index contributed by atoms with van der Waals surface area (Å²) in [6.45, 7) is 0. The lowest BCUT2D eigenvalue weighted by molar-refractivity contribution is 0.0600. The van der Waals surface area contributed by atoms with Crippen LogP contribution >= 0.6 is 0 Å². The first-order chi connectivity index (χ1) is 13.7. The third kappa shape index (κ3) is 5.71. The maximum Gasteiger partial charge on any atom is 0.337 e. The second kappa shape index (κ2) is 10.8. The monoisotopic (exact) mass is 372 g/mol. The van der Waals surface area contributed by atoms with Crippen LogP contribution < -0.4 is 0 Å². The number of para-hydroxylation sites is 1. The Morgan fingerprint density at radius 1 is 0.821 bits per heavy atom. The number of hydrogen-bond donors (Lipinski definition) is 0. The van der Waals surface area contributed by atoms with Crippen LogP contribution in [0.25, 0.3) is 11.1 Å². The molecule has 3 aromatic rings. The summed E-state index contributed by atoms with van der Waals surface area (Å²) in [6.07, 6.45) is 2.96. The molecule has 0 aliphatic carbocycles. The number of benzene rings is 3. The molecule has 0 aliphatic heterocycles. The first kappa shape index (κ1) is 20.2. The lowest BCUT2D eigenvalue weighted by Gasteiger charge is -2.03. The highest BCUT2D eigenvalue weighted by Crippen LogP contribution is 2.29. The van der Waals surface area contributed by atoms with Crippen LogP contribution in [-0.4, -0.2) is 25.2 Å². The van der Waals surface area contributed by atoms with E-state index in [4.69, 9.17) is 0 Å². The van der Waals surface area contributed by atoms with Gasteiger partial charge in [0.05, 0.1) is 24.0 Å². The van der Waals surface area contributed by atoms with E-state index in [-0.39, 0.29) is 0 Å². The summed E-state index contributed by atoms with van der Waals surface area (Å²) in [4.78, 5) is 38.2. The minimum absolute atomic E-state index is 0.360. The Balaban J connectivity index is 0.000000203. The zero-order chi connectivity index (χ0) is 20.2. The quantitative estimate of drug-likeness (QED) is 0.375. The molecule has 138 valence electrons. The Morgan fingerprint density at radius 3 is 2.18 bits per heavy atom. The van der Waals surface area contributed by atoms with Crippen LogP contribution in [0, 0.1) is 0 Å². The number of ether oxygens (including phenoxy) is 1. The standard InChI is InChI=1S/C13H9NO.C9H7NO3/c15-10-14-13-9-5-4-8-12(13)11-6-2-1-3-7-11;1-13-9(12)7-3-2-4-8(5-7)10-6-11/h1-9H;2-5H,1H3. The number of nitrogens with zero attached hydrogens (tertiary/aromatic N) is 2. The number of carbonyl (C=O) groups excluding carboxylic acids is 3. The minimum Gasteiger partial charge on any atom is -0.465 e. The van der Waals surface area contributed by atoms with Gasteiger partial charge in [-0.05, 0) is 29.8 Å². The van der Waals surface area contributed by atoms with Gasteiger partial charge in [0.1, 0.15) is 0 Å². The van der Waals surface area contributed by atoms with Crippen LogP contribution in [0.4, 0.5) is 11.4 Å². The predicted octanol–water partition coefficient (Wildman–Crippen LogP) is 4.76. The van der Waals surface area contributed by atoms with Crippen LogP contribution in [0.2, 0.25) is 0 Å². The summed E-state index contributed by atoms with van der Waals surface area (Å²) in [6, 6.07) is 23.6. The van der Waals surface area contributed by atoms with Crippen LogP contribution in [0.1, 0.15) is 10.4 Å². The van der Waals surface area contributed by atoms with Crippen molar-refractivity contribution in [1.82, 2.24) is 0 Å². The minimum atomic E-state index is -0.456. The molecule has 28 heavy (non-hydrogen) atoms. The van der Waals surface area contributed by atoms with Gasteiger partial charge in [-0.1, -0.05) is 54.6 Å². The molecule has 0 atom stereocenters. The Labute approximate surface area is 161 Å². The van der Waals surface area contributed by atoms with Gasteiger partial charge < -0.3 is 4.74 Å². The molecule has 6 heteroatoms. The smallest absolute Gasteiger partial charge is 0.337 e. The Morgan fingerprint density at radius 2 is 1.50 bits per heavy atom. The van der Waals surface area contributed by atoms with E-state index in [0.717, 1.165) is 11.1 Å². The number of esters is 1. The van der Waals surface area contributed by atoms with E-state index < -0.39 is 5.97 Å². The van der Waals surface area contributed by atoms with Gasteiger partial charge in [0.15, 0.2) is 0 Å². The van der Waals surface area contributed by atoms with E-state index in [1.807, 2.05) is 48.5 Å². The number of isocyanates is 2. The molecule has 0 amide bonds. The zero-order valence-corrected chi connectivity index (χ0v) is 15.0. The van der Waals surface area contributed by atoms with Crippen molar-refractivity contribution in [3.8, 4) is 11.1 Å². The topological polar surface area (TPSA) is 85.2 Å². The predicted molar refractivity (Wildman–Crippen MR) is 105 cm³/mol. The first-order valence-electron chi connectivity index (χ1n) is 8.18. The molecule has 0 fully saturated rings. The third-order valence-corrected chi connectivity index (χ3v) is 3.60. The summed E-state index contributed by atoms with van der Waals surface area (Å²) >= 11 is 0. The van der Waals surface area contributed by atoms with Gasteiger partial charge in [-0.15, -0.1) is 0 Å². The lowest BCUT2D eigenvalue weighted by atomic mass is 10.0. The van der Waals surface area contributed by atoms with E-state index in [1.54, 1.807) is 30.3 Å². The van der Waals surface area contributed by atoms with Crippen molar-refractivity contribution >= 4 is 29.5 Å². The first-order valence-corrected chi connectivity index (χ1v) is 8.18. The fourth-order valence-electron chi connectivity index (χ4n) is 2.36. The molecule has 0 spiro atoms. The highest BCUT2D eigenvalue weighted by atomic mass is 16.5. The van der Waals surface area contributed by atoms with E-state index >= 15 is 0 Å². The molecule has 0 radical (unpaired) electrons. The number of rotatable bonds is 4. The van der Waals surface area contributed by atoms with E-state index in [2.05, 4.69) is 14.7 Å². The van der Waals surface area contributed by atoms with Crippen molar-refractivity contribution < 1.29 is 19.1 Å². The molecular weight excluding hydrogens is 356 g/mol. The van der Waals surface area contributed by atoms with Crippen molar-refractivity contribution in [1.29, 1.82) is 0 Å². The van der Waals surface area contributed by atoms with Gasteiger partial charge in [-0.2, -0.15) is 9.98 Å². The molecule has 0 aliphatic rings. The van der Waals surface area contributed by atoms with Crippen LogP contribution in [0.5, 0.6) is 0 Å². The summed E-state index contributed by atoms with van der Waals surface area (Å²) in [7, 11) is 1.29. The van der Waals surface area contributed by atoms with Crippen molar-refractivity contribution in [2.75, 3.05) is 7.11 Å². The Bertz CT molecular complexity index is 1040. The average Bonchev–Trinajstić information content (AvgIpc) is 2.75. The van der Waals surface area contributed by atoms with E-state index in [9.17, 15) is 14.4 Å². The van der Waals surface area contributed by atoms with Crippen molar-refractivity contribution in [2.24, 2.45) is 9.98 Å². The van der Waals surface area contributed by atoms with E-state index in [0.29, 0.717) is 16.9 Å². The number of carbonyl (C=O) groups is 1. The second-order valence-electron chi connectivity index (χ2n) is 5.33. The fraction of sp³-hybridized carbons (Fsp3) is 0.0455. The van der Waals surface area contributed by atoms with Gasteiger partial charge >= 0.3 is 5.97 Å². The van der Waals surface area contributed by atoms with Crippen LogP contribution in [-0.2, 0) is 14.3 Å². The Kier molecular flexibility index (Phi) is 7.78. The number of methoxy groups -OCH3 is 1. The van der Waals surface area contributed by atoms with Gasteiger partial charge in [0.2, 0.25) is 12.2 Å². The molecule has 0 N–H and O–H groups in total. The summed E-state index contributed by atoms with van der Waals surface area (Å²) in [5.41, 5.74) is 3.39. The molecular formula is C22H16N2O4. The molecule has 0 heterocycles. The maximum atomic E-state index is 11.0. The maximum absolute atomic E-state index is 11.0. The normalized spacial score (nSPS) is 9.04. The van der Waals surface area contributed by atoms with Crippen molar-refractivity contribution in [3.05, 3.63) is 84.4 Å². The molecule has 0 unspecified atom stereocenters. The highest BCUT2D eigenvalue weighted by Gasteiger charge is 2.04. The van der Waals surface area contributed by atoms with E-state index in [1.165, 1.54) is 19.3 Å². The molecule has 3 rings (SSSR count). The van der Waals surface area contributed by atoms with Gasteiger partial charge in [-0.3, -0.25) is 0 Å². The molecule has 0 aromatic heterocycles. The van der Waals surface area contributed by atoms with Crippen LogP contribution in [0.15, 0.2) is 88.8 Å². The largest absolute Gasteiger partial charge is 0.465 e. The Hall–Kier alpha value is -4.11. The lowest BCUT2D eigenvalue weighted by Crippen LogP contribution is -1.99. The van der Waals surface area contributed by atoms with Crippen molar-refractivity contribution in [3.63, 3.8) is 0 Å². The second-order valence-corrected chi connectivity index (χ2v) is 5.33. The molecule has 3 aromatic carbocycles. The summed E-state index contributed by atoms with van der Waals surface area (Å²) in [5, 5.41) is 0. The summed E-state index contributed by atoms with van der Waals surface area (Å²) < 4.78 is 4.49. The average molecular weight is 372 g/mol. The third-order valence-electron chi connectivity index (χ3n) is 3.60. The molecule has 0 saturated carbocycles. The molecule has 0 bridgehead atoms. The SMILES string of the molecule is COC(=O)c1cccc(N=C=O)c1.O=C=Nc1ccccc1-c1ccccc1. The van der Waals surface area contributed by atoms with Crippen molar-refractivity contribution in [2.45, 2.75) is 0 Å². The summed E-state index contributed by atoms with van der Waals surface area (Å²) in [5.74, 6) is -0.456. The molecule has 0 saturated heterocycles. The fourth-order valence-corrected chi connectivity index (χ4v) is 2.36. The highest BCUT2D eigenvalue weighted by molar-refractivity contribution is 5.90.